The van der Waals surface area contributed by atoms with Crippen molar-refractivity contribution in [3.63, 3.8) is 0 Å². The lowest BCUT2D eigenvalue weighted by atomic mass is 9.87. The molecule has 18 heteroatoms. The smallest absolute Gasteiger partial charge is 0.258 e. The number of phenols is 2. The van der Waals surface area contributed by atoms with Gasteiger partial charge in [0, 0.05) is 121 Å². The average Bonchev–Trinajstić information content (AvgIpc) is 3.91. The zero-order valence-corrected chi connectivity index (χ0v) is 38.5. The minimum atomic E-state index is -1.01. The lowest BCUT2D eigenvalue weighted by molar-refractivity contribution is -0.146. The van der Waals surface area contributed by atoms with E-state index >= 15 is 0 Å². The van der Waals surface area contributed by atoms with Crippen LogP contribution >= 0.6 is 11.3 Å². The molecule has 5 aliphatic heterocycles. The Balaban J connectivity index is 0.671. The van der Waals surface area contributed by atoms with E-state index in [1.54, 1.807) is 34.7 Å². The van der Waals surface area contributed by atoms with E-state index in [4.69, 9.17) is 20.4 Å². The summed E-state index contributed by atoms with van der Waals surface area (Å²) in [6, 6.07) is 11.8. The Labute approximate surface area is 388 Å². The van der Waals surface area contributed by atoms with Crippen molar-refractivity contribution in [2.45, 2.75) is 76.8 Å². The molecule has 17 nitrogen and oxygen atoms in total. The number of carbonyl (C=O) groups is 2. The molecule has 0 radical (unpaired) electrons. The summed E-state index contributed by atoms with van der Waals surface area (Å²) in [5.41, 5.74) is 10.6. The van der Waals surface area contributed by atoms with Gasteiger partial charge in [0.25, 0.3) is 5.91 Å². The molecule has 0 bridgehead atoms. The van der Waals surface area contributed by atoms with Gasteiger partial charge in [0.05, 0.1) is 46.6 Å². The van der Waals surface area contributed by atoms with Crippen molar-refractivity contribution in [2.75, 3.05) is 89.3 Å². The number of nitrogen functional groups attached to an aromatic ring is 1. The number of phenolic OH excluding ortho intramolecular Hbond substituents is 2. The summed E-state index contributed by atoms with van der Waals surface area (Å²) in [6.45, 7) is 15.8. The topological polar surface area (TPSA) is 201 Å². The zero-order chi connectivity index (χ0) is 45.7. The van der Waals surface area contributed by atoms with Crippen LogP contribution in [0.1, 0.15) is 76.5 Å². The summed E-state index contributed by atoms with van der Waals surface area (Å²) in [6.07, 6.45) is 4.56. The third kappa shape index (κ3) is 9.26. The highest BCUT2D eigenvalue weighted by Crippen LogP contribution is 2.38. The number of nitrogens with zero attached hydrogens (tertiary/aromatic N) is 10. The van der Waals surface area contributed by atoms with Gasteiger partial charge in [-0.25, -0.2) is 19.9 Å². The molecule has 3 aromatic heterocycles. The molecule has 2 amide bonds. The largest absolute Gasteiger partial charge is 0.508 e. The van der Waals surface area contributed by atoms with E-state index < -0.39 is 5.60 Å². The quantitative estimate of drug-likeness (QED) is 0.148. The molecule has 4 fully saturated rings. The Kier molecular flexibility index (Phi) is 12.3. The van der Waals surface area contributed by atoms with Gasteiger partial charge in [0.2, 0.25) is 11.9 Å². The number of fused-ring (bicyclic) bond motifs is 2. The van der Waals surface area contributed by atoms with Crippen molar-refractivity contribution in [1.29, 1.82) is 0 Å². The number of piperazine rings is 1. The number of anilines is 2. The van der Waals surface area contributed by atoms with Crippen molar-refractivity contribution in [3.05, 3.63) is 81.5 Å². The molecule has 8 heterocycles. The zero-order valence-electron chi connectivity index (χ0n) is 37.7. The van der Waals surface area contributed by atoms with Crippen molar-refractivity contribution in [1.82, 2.24) is 44.4 Å². The number of likely N-dealkylation sites (tertiary alicyclic amines) is 2. The molecule has 10 rings (SSSR count). The number of hydrogen-bond donors (Lipinski definition) is 4. The first-order chi connectivity index (χ1) is 31.8. The number of carbonyl (C=O) groups excluding carboxylic acids is 2. The van der Waals surface area contributed by atoms with Crippen molar-refractivity contribution in [3.8, 4) is 22.9 Å². The summed E-state index contributed by atoms with van der Waals surface area (Å²) in [5, 5.41) is 32.4. The number of amides is 2. The number of hydrogen-bond acceptors (Lipinski definition) is 16. The maximum atomic E-state index is 13.5. The highest BCUT2D eigenvalue weighted by molar-refractivity contribution is 7.19. The van der Waals surface area contributed by atoms with Gasteiger partial charge < -0.3 is 40.5 Å². The van der Waals surface area contributed by atoms with Crippen LogP contribution in [-0.4, -0.2) is 162 Å². The molecule has 0 saturated carbocycles. The number of aromatic hydroxyl groups is 2. The molecule has 0 unspecified atom stereocenters. The molecule has 2 aromatic carbocycles. The minimum Gasteiger partial charge on any atom is -0.508 e. The van der Waals surface area contributed by atoms with Gasteiger partial charge in [-0.1, -0.05) is 32.0 Å². The minimum absolute atomic E-state index is 0.00204. The van der Waals surface area contributed by atoms with Crippen LogP contribution in [0.2, 0.25) is 0 Å². The molecular formula is C48H59N11O6S. The fourth-order valence-corrected chi connectivity index (χ4v) is 11.2. The second-order valence-electron chi connectivity index (χ2n) is 19.0. The first-order valence-electron chi connectivity index (χ1n) is 23.2. The Bertz CT molecular complexity index is 2600. The van der Waals surface area contributed by atoms with Crippen LogP contribution in [0, 0.1) is 0 Å². The number of ether oxygens (including phenoxy) is 1. The monoisotopic (exact) mass is 917 g/mol. The average molecular weight is 918 g/mol. The second kappa shape index (κ2) is 18.3. The fourth-order valence-electron chi connectivity index (χ4n) is 10.1. The number of piperidine rings is 1. The van der Waals surface area contributed by atoms with Crippen LogP contribution in [0.5, 0.6) is 11.5 Å². The van der Waals surface area contributed by atoms with Gasteiger partial charge in [-0.15, -0.1) is 11.3 Å². The lowest BCUT2D eigenvalue weighted by Crippen LogP contribution is -2.64. The van der Waals surface area contributed by atoms with Crippen LogP contribution in [0.25, 0.3) is 21.6 Å². The van der Waals surface area contributed by atoms with Crippen LogP contribution in [0.15, 0.2) is 48.8 Å². The van der Waals surface area contributed by atoms with Crippen molar-refractivity contribution < 1.29 is 29.6 Å². The Morgan fingerprint density at radius 3 is 2.29 bits per heavy atom. The van der Waals surface area contributed by atoms with Crippen LogP contribution in [-0.2, 0) is 35.7 Å². The predicted octanol–water partition coefficient (Wildman–Crippen LogP) is 4.00. The van der Waals surface area contributed by atoms with Gasteiger partial charge in [-0.2, -0.15) is 0 Å². The molecule has 5 N–H and O–H groups in total. The normalized spacial score (nSPS) is 19.7. The van der Waals surface area contributed by atoms with E-state index in [1.807, 2.05) is 18.7 Å². The standard InChI is InChI=1S/C48H59N11O6S/c1-30(2)37-19-38(41(61)20-40(37)60)46(63)59-25-32-4-3-31(17-33(32)26-59)24-55-9-11-56(12-10-55)35-27-58(28-35)42(62)21-48(64)5-7-54(8-6-48)29-36-18-39-43(66-36)45(57-13-15-65-16-14-57)53-44(52-39)34-22-50-47(49)51-23-34/h3-4,17-20,22-23,30,35,60-61,64H,5-16,21,24-29H2,1-2H3,(H2,49,50,51). The Morgan fingerprint density at radius 2 is 1.56 bits per heavy atom. The van der Waals surface area contributed by atoms with Gasteiger partial charge >= 0.3 is 0 Å². The predicted molar refractivity (Wildman–Crippen MR) is 251 cm³/mol. The van der Waals surface area contributed by atoms with Gasteiger partial charge in [0.15, 0.2) is 11.6 Å². The van der Waals surface area contributed by atoms with Crippen molar-refractivity contribution >= 4 is 45.1 Å². The third-order valence-corrected chi connectivity index (χ3v) is 15.2. The molecule has 66 heavy (non-hydrogen) atoms. The fraction of sp³-hybridized carbons (Fsp3) is 0.500. The van der Waals surface area contributed by atoms with Gasteiger partial charge in [0.1, 0.15) is 11.5 Å². The second-order valence-corrected chi connectivity index (χ2v) is 20.2. The van der Waals surface area contributed by atoms with Crippen LogP contribution in [0.3, 0.4) is 0 Å². The van der Waals surface area contributed by atoms with E-state index in [0.717, 1.165) is 79.5 Å². The number of rotatable bonds is 11. The van der Waals surface area contributed by atoms with E-state index in [0.29, 0.717) is 88.3 Å². The highest BCUT2D eigenvalue weighted by atomic mass is 32.1. The Morgan fingerprint density at radius 1 is 0.848 bits per heavy atom. The molecule has 5 aliphatic rings. The molecular weight excluding hydrogens is 859 g/mol. The lowest BCUT2D eigenvalue weighted by Gasteiger charge is -2.49. The molecule has 0 atom stereocenters. The van der Waals surface area contributed by atoms with Gasteiger partial charge in [-0.3, -0.25) is 24.3 Å². The first-order valence-corrected chi connectivity index (χ1v) is 24.0. The maximum absolute atomic E-state index is 13.5. The van der Waals surface area contributed by atoms with Crippen LogP contribution < -0.4 is 10.6 Å². The van der Waals surface area contributed by atoms with Gasteiger partial charge in [-0.05, 0) is 53.1 Å². The maximum Gasteiger partial charge on any atom is 0.258 e. The number of aliphatic hydroxyl groups is 1. The number of nitrogens with two attached hydrogens (primary N) is 1. The number of benzene rings is 2. The first kappa shape index (κ1) is 44.3. The van der Waals surface area contributed by atoms with E-state index in [9.17, 15) is 24.9 Å². The number of aromatic nitrogens is 4. The molecule has 0 aliphatic carbocycles. The highest BCUT2D eigenvalue weighted by Gasteiger charge is 2.41. The summed E-state index contributed by atoms with van der Waals surface area (Å²) in [5.74, 6) is 1.26. The molecule has 4 saturated heterocycles. The number of thiophene rings is 1. The Hall–Kier alpha value is -5.50. The summed E-state index contributed by atoms with van der Waals surface area (Å²) >= 11 is 1.71. The van der Waals surface area contributed by atoms with Crippen LogP contribution in [0.4, 0.5) is 11.8 Å². The van der Waals surface area contributed by atoms with E-state index in [1.165, 1.54) is 16.5 Å². The summed E-state index contributed by atoms with van der Waals surface area (Å²) in [4.78, 5) is 59.6. The third-order valence-electron chi connectivity index (χ3n) is 14.1. The SMILES string of the molecule is CC(C)c1cc(C(=O)N2Cc3ccc(CN4CCN(C5CN(C(=O)CC6(O)CCN(Cc7cc8nc(-c9cnc(N)nc9)nc(N9CCOCC9)c8s7)CC6)C5)CC4)cc3C2)c(O)cc1O. The molecule has 0 spiro atoms. The van der Waals surface area contributed by atoms with E-state index in [-0.39, 0.29) is 47.2 Å². The van der Waals surface area contributed by atoms with E-state index in [2.05, 4.69) is 53.8 Å². The summed E-state index contributed by atoms with van der Waals surface area (Å²) in [7, 11) is 0. The molecule has 348 valence electrons. The number of morpholine rings is 1. The summed E-state index contributed by atoms with van der Waals surface area (Å²) < 4.78 is 6.66. The van der Waals surface area contributed by atoms with Crippen molar-refractivity contribution in [2.24, 2.45) is 0 Å². The molecule has 5 aromatic rings.